The van der Waals surface area contributed by atoms with Gasteiger partial charge in [-0.25, -0.2) is 9.97 Å². The van der Waals surface area contributed by atoms with Crippen LogP contribution in [0.1, 0.15) is 45.4 Å². The van der Waals surface area contributed by atoms with Gasteiger partial charge in [0.1, 0.15) is 12.4 Å². The molecule has 0 N–H and O–H groups in total. The number of aromatic nitrogens is 2. The van der Waals surface area contributed by atoms with Crippen molar-refractivity contribution in [2.24, 2.45) is 0 Å². The lowest BCUT2D eigenvalue weighted by atomic mass is 10.1. The van der Waals surface area contributed by atoms with Gasteiger partial charge in [-0.2, -0.15) is 0 Å². The lowest BCUT2D eigenvalue weighted by molar-refractivity contribution is -0.129. The Morgan fingerprint density at radius 1 is 1.03 bits per heavy atom. The Morgan fingerprint density at radius 3 is 2.61 bits per heavy atom. The Bertz CT molecular complexity index is 921. The van der Waals surface area contributed by atoms with Crippen LogP contribution < -0.4 is 9.64 Å². The molecule has 2 aromatic rings. The number of nitrogens with zero attached hydrogens (tertiary/aromatic N) is 5. The predicted octanol–water partition coefficient (Wildman–Crippen LogP) is 3.08. The van der Waals surface area contributed by atoms with Crippen LogP contribution in [0.3, 0.4) is 0 Å². The highest BCUT2D eigenvalue weighted by molar-refractivity contribution is 5.86. The average molecular weight is 424 g/mol. The Hall–Kier alpha value is -2.41. The second-order valence-corrected chi connectivity index (χ2v) is 9.20. The van der Waals surface area contributed by atoms with Gasteiger partial charge in [-0.05, 0) is 56.7 Å². The first-order valence-corrected chi connectivity index (χ1v) is 11.8. The lowest BCUT2D eigenvalue weighted by Gasteiger charge is -2.38. The molecule has 166 valence electrons. The summed E-state index contributed by atoms with van der Waals surface area (Å²) in [6.07, 6.45) is 8.89. The highest BCUT2D eigenvalue weighted by Crippen LogP contribution is 2.30. The third-order valence-electron chi connectivity index (χ3n) is 7.15. The maximum atomic E-state index is 11.9. The van der Waals surface area contributed by atoms with E-state index in [0.717, 1.165) is 81.7 Å². The normalized spacial score (nSPS) is 23.1. The summed E-state index contributed by atoms with van der Waals surface area (Å²) in [6, 6.07) is 6.84. The second-order valence-electron chi connectivity index (χ2n) is 9.20. The number of rotatable bonds is 5. The summed E-state index contributed by atoms with van der Waals surface area (Å²) >= 11 is 0. The van der Waals surface area contributed by atoms with E-state index in [1.807, 2.05) is 0 Å². The van der Waals surface area contributed by atoms with Crippen LogP contribution in [0.5, 0.6) is 5.88 Å². The van der Waals surface area contributed by atoms with Crippen molar-refractivity contribution < 1.29 is 9.53 Å². The minimum Gasteiger partial charge on any atom is -0.474 e. The number of carbonyl (C=O) groups is 1. The van der Waals surface area contributed by atoms with E-state index in [1.54, 1.807) is 13.3 Å². The van der Waals surface area contributed by atoms with E-state index in [4.69, 9.17) is 4.74 Å². The molecular formula is C24H33N5O2. The van der Waals surface area contributed by atoms with Crippen LogP contribution in [0.15, 0.2) is 24.5 Å². The smallest absolute Gasteiger partial charge is 0.224 e. The van der Waals surface area contributed by atoms with Crippen molar-refractivity contribution >= 4 is 22.5 Å². The van der Waals surface area contributed by atoms with Gasteiger partial charge in [0.2, 0.25) is 11.8 Å². The van der Waals surface area contributed by atoms with Crippen LogP contribution in [0.4, 0.5) is 5.69 Å². The minimum absolute atomic E-state index is 0.218. The minimum atomic E-state index is 0.218. The molecule has 3 aliphatic rings. The number of piperazine rings is 1. The summed E-state index contributed by atoms with van der Waals surface area (Å²) in [5.74, 6) is 0.943. The van der Waals surface area contributed by atoms with E-state index in [1.165, 1.54) is 18.5 Å². The van der Waals surface area contributed by atoms with E-state index < -0.39 is 0 Å². The van der Waals surface area contributed by atoms with Crippen molar-refractivity contribution in [3.8, 4) is 5.88 Å². The average Bonchev–Trinajstić information content (AvgIpc) is 3.46. The molecule has 3 heterocycles. The number of hydrogen-bond acceptors (Lipinski definition) is 6. The van der Waals surface area contributed by atoms with Gasteiger partial charge < -0.3 is 14.5 Å². The third-order valence-corrected chi connectivity index (χ3v) is 7.15. The van der Waals surface area contributed by atoms with E-state index in [2.05, 4.69) is 42.9 Å². The maximum Gasteiger partial charge on any atom is 0.224 e. The molecule has 1 atom stereocenters. The molecule has 2 saturated heterocycles. The Balaban J connectivity index is 1.24. The SMILES string of the molecule is CC(=O)N1CCCC1CN1CCN(c2ccc3ncnc(OC4CCCC4)c3c2)CC1. The predicted molar refractivity (Wildman–Crippen MR) is 121 cm³/mol. The highest BCUT2D eigenvalue weighted by atomic mass is 16.5. The van der Waals surface area contributed by atoms with Crippen LogP contribution in [0.25, 0.3) is 10.9 Å². The zero-order chi connectivity index (χ0) is 21.2. The maximum absolute atomic E-state index is 11.9. The van der Waals surface area contributed by atoms with Gasteiger partial charge in [0.15, 0.2) is 0 Å². The zero-order valence-corrected chi connectivity index (χ0v) is 18.5. The molecule has 1 aromatic carbocycles. The molecule has 31 heavy (non-hydrogen) atoms. The fourth-order valence-electron chi connectivity index (χ4n) is 5.40. The lowest BCUT2D eigenvalue weighted by Crippen LogP contribution is -2.51. The number of hydrogen-bond donors (Lipinski definition) is 0. The van der Waals surface area contributed by atoms with Crippen LogP contribution in [0, 0.1) is 0 Å². The van der Waals surface area contributed by atoms with Gasteiger partial charge in [-0.3, -0.25) is 9.69 Å². The van der Waals surface area contributed by atoms with E-state index in [9.17, 15) is 4.79 Å². The van der Waals surface area contributed by atoms with Crippen molar-refractivity contribution in [2.45, 2.75) is 57.6 Å². The molecule has 1 aliphatic carbocycles. The second kappa shape index (κ2) is 8.99. The molecule has 2 aliphatic heterocycles. The highest BCUT2D eigenvalue weighted by Gasteiger charge is 2.29. The molecule has 7 nitrogen and oxygen atoms in total. The molecular weight excluding hydrogens is 390 g/mol. The number of likely N-dealkylation sites (tertiary alicyclic amines) is 1. The van der Waals surface area contributed by atoms with Crippen molar-refractivity contribution in [3.05, 3.63) is 24.5 Å². The van der Waals surface area contributed by atoms with Gasteiger partial charge in [-0.15, -0.1) is 0 Å². The Kier molecular flexibility index (Phi) is 5.94. The van der Waals surface area contributed by atoms with E-state index in [0.29, 0.717) is 6.04 Å². The Labute approximate surface area is 184 Å². The van der Waals surface area contributed by atoms with Crippen molar-refractivity contribution in [1.29, 1.82) is 0 Å². The summed E-state index contributed by atoms with van der Waals surface area (Å²) in [5, 5.41) is 1.01. The van der Waals surface area contributed by atoms with Gasteiger partial charge in [-0.1, -0.05) is 0 Å². The summed E-state index contributed by atoms with van der Waals surface area (Å²) in [7, 11) is 0. The molecule has 3 fully saturated rings. The summed E-state index contributed by atoms with van der Waals surface area (Å²) < 4.78 is 6.24. The molecule has 1 saturated carbocycles. The topological polar surface area (TPSA) is 61.8 Å². The molecule has 1 unspecified atom stereocenters. The van der Waals surface area contributed by atoms with E-state index >= 15 is 0 Å². The molecule has 1 amide bonds. The third kappa shape index (κ3) is 4.47. The summed E-state index contributed by atoms with van der Waals surface area (Å²) in [6.45, 7) is 7.65. The standard InChI is InChI=1S/C24H33N5O2/c1-18(30)29-10-4-5-20(29)16-27-11-13-28(14-12-27)19-8-9-23-22(15-19)24(26-17-25-23)31-21-6-2-3-7-21/h8-9,15,17,20-21H,2-7,10-14,16H2,1H3. The largest absolute Gasteiger partial charge is 0.474 e. The molecule has 5 rings (SSSR count). The number of carbonyl (C=O) groups excluding carboxylic acids is 1. The number of amides is 1. The zero-order valence-electron chi connectivity index (χ0n) is 18.5. The van der Waals surface area contributed by atoms with Crippen molar-refractivity contribution in [2.75, 3.05) is 44.2 Å². The quantitative estimate of drug-likeness (QED) is 0.737. The van der Waals surface area contributed by atoms with Crippen LogP contribution in [0.2, 0.25) is 0 Å². The molecule has 1 aromatic heterocycles. The first kappa shape index (κ1) is 20.5. The first-order chi connectivity index (χ1) is 15.2. The summed E-state index contributed by atoms with van der Waals surface area (Å²) in [4.78, 5) is 27.8. The van der Waals surface area contributed by atoms with Gasteiger partial charge >= 0.3 is 0 Å². The molecule has 0 radical (unpaired) electrons. The fourth-order valence-corrected chi connectivity index (χ4v) is 5.40. The van der Waals surface area contributed by atoms with Crippen LogP contribution >= 0.6 is 0 Å². The number of benzene rings is 1. The van der Waals surface area contributed by atoms with Crippen molar-refractivity contribution in [1.82, 2.24) is 19.8 Å². The number of anilines is 1. The van der Waals surface area contributed by atoms with Gasteiger partial charge in [0.05, 0.1) is 10.9 Å². The number of ether oxygens (including phenoxy) is 1. The van der Waals surface area contributed by atoms with Gasteiger partial charge in [0.25, 0.3) is 0 Å². The van der Waals surface area contributed by atoms with Gasteiger partial charge in [0, 0.05) is 57.9 Å². The number of fused-ring (bicyclic) bond motifs is 1. The van der Waals surface area contributed by atoms with Crippen LogP contribution in [-0.2, 0) is 4.79 Å². The first-order valence-electron chi connectivity index (χ1n) is 11.8. The van der Waals surface area contributed by atoms with Crippen LogP contribution in [-0.4, -0.2) is 77.1 Å². The molecule has 0 bridgehead atoms. The van der Waals surface area contributed by atoms with Crippen molar-refractivity contribution in [3.63, 3.8) is 0 Å². The fraction of sp³-hybridized carbons (Fsp3) is 0.625. The summed E-state index contributed by atoms with van der Waals surface area (Å²) in [5.41, 5.74) is 2.15. The molecule has 7 heteroatoms. The monoisotopic (exact) mass is 423 g/mol. The Morgan fingerprint density at radius 2 is 1.84 bits per heavy atom. The van der Waals surface area contributed by atoms with E-state index in [-0.39, 0.29) is 12.0 Å². The molecule has 0 spiro atoms.